The minimum atomic E-state index is -4.72. The largest absolute Gasteiger partial charge is 0.400 e. The number of rotatable bonds is 4. The molecule has 1 unspecified atom stereocenters. The molecular formula is C8H9FO4S. The van der Waals surface area contributed by atoms with Crippen LogP contribution in [0.2, 0.25) is 0 Å². The Morgan fingerprint density at radius 3 is 2.43 bits per heavy atom. The van der Waals surface area contributed by atoms with E-state index in [2.05, 4.69) is 4.18 Å². The molecule has 1 rings (SSSR count). The highest BCUT2D eigenvalue weighted by molar-refractivity contribution is 7.80. The second-order valence-corrected chi connectivity index (χ2v) is 3.67. The lowest BCUT2D eigenvalue weighted by molar-refractivity contribution is 0.0622. The molecule has 78 valence electrons. The molecule has 1 aromatic rings. The third kappa shape index (κ3) is 4.31. The summed E-state index contributed by atoms with van der Waals surface area (Å²) in [4.78, 5) is 0. The molecule has 0 amide bonds. The van der Waals surface area contributed by atoms with Crippen LogP contribution in [0.5, 0.6) is 0 Å². The predicted octanol–water partition coefficient (Wildman–Crippen LogP) is 1.34. The first-order valence-corrected chi connectivity index (χ1v) is 5.17. The van der Waals surface area contributed by atoms with Gasteiger partial charge in [-0.1, -0.05) is 30.3 Å². The summed E-state index contributed by atoms with van der Waals surface area (Å²) in [6.07, 6.45) is -2.28. The van der Waals surface area contributed by atoms with E-state index < -0.39 is 16.8 Å². The molecule has 0 aliphatic carbocycles. The molecule has 1 N–H and O–H groups in total. The fourth-order valence-electron chi connectivity index (χ4n) is 0.965. The topological polar surface area (TPSA) is 63.6 Å². The van der Waals surface area contributed by atoms with Crippen molar-refractivity contribution in [3.8, 4) is 0 Å². The molecule has 0 heterocycles. The van der Waals surface area contributed by atoms with Crippen LogP contribution in [0, 0.1) is 0 Å². The third-order valence-electron chi connectivity index (χ3n) is 1.47. The van der Waals surface area contributed by atoms with Gasteiger partial charge in [-0.15, -0.1) is 0 Å². The Bertz CT molecular complexity index is 376. The molecule has 0 radical (unpaired) electrons. The van der Waals surface area contributed by atoms with Gasteiger partial charge in [-0.2, -0.15) is 8.42 Å². The molecule has 4 nitrogen and oxygen atoms in total. The van der Waals surface area contributed by atoms with Gasteiger partial charge in [-0.3, -0.25) is 4.55 Å². The highest BCUT2D eigenvalue weighted by Crippen LogP contribution is 2.08. The van der Waals surface area contributed by atoms with Crippen molar-refractivity contribution in [2.75, 3.05) is 0 Å². The monoisotopic (exact) mass is 220 g/mol. The first-order valence-electron chi connectivity index (χ1n) is 3.81. The second kappa shape index (κ2) is 4.50. The van der Waals surface area contributed by atoms with Crippen LogP contribution in [0.4, 0.5) is 4.39 Å². The van der Waals surface area contributed by atoms with Crippen LogP contribution >= 0.6 is 0 Å². The number of alkyl halides is 1. The minimum Gasteiger partial charge on any atom is -0.263 e. The SMILES string of the molecule is O=S(=O)(O)OC(F)Cc1ccccc1. The molecule has 0 aromatic heterocycles. The van der Waals surface area contributed by atoms with Gasteiger partial charge in [0.1, 0.15) is 0 Å². The summed E-state index contributed by atoms with van der Waals surface area (Å²) in [5.74, 6) is 0. The van der Waals surface area contributed by atoms with Crippen molar-refractivity contribution in [3.63, 3.8) is 0 Å². The maximum Gasteiger partial charge on any atom is 0.400 e. The van der Waals surface area contributed by atoms with Crippen LogP contribution in [-0.2, 0) is 21.0 Å². The molecular weight excluding hydrogens is 211 g/mol. The van der Waals surface area contributed by atoms with E-state index in [1.165, 1.54) is 0 Å². The van der Waals surface area contributed by atoms with E-state index in [1.807, 2.05) is 0 Å². The molecule has 0 saturated carbocycles. The smallest absolute Gasteiger partial charge is 0.263 e. The van der Waals surface area contributed by atoms with E-state index in [9.17, 15) is 12.8 Å². The average molecular weight is 220 g/mol. The maximum absolute atomic E-state index is 12.8. The summed E-state index contributed by atoms with van der Waals surface area (Å²) >= 11 is 0. The Hall–Kier alpha value is -0.980. The van der Waals surface area contributed by atoms with Crippen LogP contribution < -0.4 is 0 Å². The predicted molar refractivity (Wildman–Crippen MR) is 47.7 cm³/mol. The van der Waals surface area contributed by atoms with Gasteiger partial charge >= 0.3 is 10.4 Å². The van der Waals surface area contributed by atoms with Crippen LogP contribution in [-0.4, -0.2) is 19.3 Å². The maximum atomic E-state index is 12.8. The fraction of sp³-hybridized carbons (Fsp3) is 0.250. The molecule has 0 saturated heterocycles. The van der Waals surface area contributed by atoms with E-state index in [0.29, 0.717) is 5.56 Å². The van der Waals surface area contributed by atoms with Crippen molar-refractivity contribution >= 4 is 10.4 Å². The summed E-state index contributed by atoms with van der Waals surface area (Å²) in [6.45, 7) is 0. The van der Waals surface area contributed by atoms with Crippen molar-refractivity contribution in [2.24, 2.45) is 0 Å². The van der Waals surface area contributed by atoms with Crippen molar-refractivity contribution in [1.82, 2.24) is 0 Å². The summed E-state index contributed by atoms with van der Waals surface area (Å²) in [5, 5.41) is 0. The summed E-state index contributed by atoms with van der Waals surface area (Å²) in [6, 6.07) is 8.38. The third-order valence-corrected chi connectivity index (χ3v) is 1.92. The quantitative estimate of drug-likeness (QED) is 0.778. The van der Waals surface area contributed by atoms with Gasteiger partial charge in [-0.25, -0.2) is 8.57 Å². The summed E-state index contributed by atoms with van der Waals surface area (Å²) < 4.78 is 45.0. The zero-order chi connectivity index (χ0) is 10.6. The van der Waals surface area contributed by atoms with Gasteiger partial charge < -0.3 is 0 Å². The van der Waals surface area contributed by atoms with Crippen molar-refractivity contribution in [3.05, 3.63) is 35.9 Å². The number of hydrogen-bond donors (Lipinski definition) is 1. The summed E-state index contributed by atoms with van der Waals surface area (Å²) in [7, 11) is -4.72. The minimum absolute atomic E-state index is 0.222. The second-order valence-electron chi connectivity index (χ2n) is 2.62. The fourth-order valence-corrected chi connectivity index (χ4v) is 1.30. The Kier molecular flexibility index (Phi) is 3.56. The van der Waals surface area contributed by atoms with Gasteiger partial charge in [0.05, 0.1) is 0 Å². The van der Waals surface area contributed by atoms with Crippen molar-refractivity contribution in [2.45, 2.75) is 12.8 Å². The Labute approximate surface area is 81.3 Å². The summed E-state index contributed by atoms with van der Waals surface area (Å²) in [5.41, 5.74) is 0.587. The van der Waals surface area contributed by atoms with Crippen LogP contribution in [0.25, 0.3) is 0 Å². The van der Waals surface area contributed by atoms with Crippen LogP contribution in [0.1, 0.15) is 5.56 Å². The van der Waals surface area contributed by atoms with E-state index in [1.54, 1.807) is 30.3 Å². The van der Waals surface area contributed by atoms with E-state index in [0.717, 1.165) is 0 Å². The molecule has 0 fully saturated rings. The molecule has 0 aliphatic heterocycles. The lowest BCUT2D eigenvalue weighted by Crippen LogP contribution is -2.15. The molecule has 6 heteroatoms. The number of benzene rings is 1. The lowest BCUT2D eigenvalue weighted by atomic mass is 10.2. The molecule has 14 heavy (non-hydrogen) atoms. The van der Waals surface area contributed by atoms with Crippen LogP contribution in [0.15, 0.2) is 30.3 Å². The Morgan fingerprint density at radius 1 is 1.36 bits per heavy atom. The molecule has 0 spiro atoms. The number of hydrogen-bond acceptors (Lipinski definition) is 3. The van der Waals surface area contributed by atoms with Gasteiger partial charge in [-0.05, 0) is 5.56 Å². The standard InChI is InChI=1S/C8H9FO4S/c9-8(13-14(10,11)12)6-7-4-2-1-3-5-7/h1-5,8H,6H2,(H,10,11,12). The zero-order valence-electron chi connectivity index (χ0n) is 7.13. The Balaban J connectivity index is 2.54. The molecule has 0 aliphatic rings. The Morgan fingerprint density at radius 2 is 1.93 bits per heavy atom. The first kappa shape index (κ1) is 11.1. The molecule has 0 bridgehead atoms. The van der Waals surface area contributed by atoms with Gasteiger partial charge in [0.2, 0.25) is 6.36 Å². The highest BCUT2D eigenvalue weighted by Gasteiger charge is 2.15. The van der Waals surface area contributed by atoms with Crippen LogP contribution in [0.3, 0.4) is 0 Å². The lowest BCUT2D eigenvalue weighted by Gasteiger charge is -2.05. The molecule has 1 aromatic carbocycles. The van der Waals surface area contributed by atoms with E-state index in [-0.39, 0.29) is 6.42 Å². The average Bonchev–Trinajstić information content (AvgIpc) is 2.02. The first-order chi connectivity index (χ1) is 6.47. The normalized spacial score (nSPS) is 13.9. The molecule has 1 atom stereocenters. The van der Waals surface area contributed by atoms with E-state index >= 15 is 0 Å². The van der Waals surface area contributed by atoms with Crippen molar-refractivity contribution in [1.29, 1.82) is 0 Å². The van der Waals surface area contributed by atoms with E-state index in [4.69, 9.17) is 4.55 Å². The van der Waals surface area contributed by atoms with Crippen molar-refractivity contribution < 1.29 is 21.5 Å². The highest BCUT2D eigenvalue weighted by atomic mass is 32.3. The van der Waals surface area contributed by atoms with Gasteiger partial charge in [0, 0.05) is 6.42 Å². The number of halogens is 1. The van der Waals surface area contributed by atoms with Gasteiger partial charge in [0.15, 0.2) is 0 Å². The zero-order valence-corrected chi connectivity index (χ0v) is 7.95. The van der Waals surface area contributed by atoms with Gasteiger partial charge in [0.25, 0.3) is 0 Å².